The smallest absolute Gasteiger partial charge is 0.411 e. The van der Waals surface area contributed by atoms with Crippen molar-refractivity contribution in [2.75, 3.05) is 13.7 Å². The monoisotopic (exact) mass is 286 g/mol. The Morgan fingerprint density at radius 3 is 2.53 bits per heavy atom. The van der Waals surface area contributed by atoms with E-state index in [1.54, 1.807) is 20.8 Å². The molecule has 7 heteroatoms. The molecule has 19 heavy (non-hydrogen) atoms. The first-order chi connectivity index (χ1) is 8.78. The number of ether oxygens (including phenoxy) is 2. The first-order valence-electron chi connectivity index (χ1n) is 5.93. The van der Waals surface area contributed by atoms with Gasteiger partial charge in [-0.2, -0.15) is 0 Å². The van der Waals surface area contributed by atoms with Gasteiger partial charge < -0.3 is 9.47 Å². The van der Waals surface area contributed by atoms with Gasteiger partial charge in [-0.1, -0.05) is 0 Å². The molecule has 0 saturated carbocycles. The van der Waals surface area contributed by atoms with Gasteiger partial charge in [-0.15, -0.1) is 0 Å². The molecule has 0 aliphatic carbocycles. The van der Waals surface area contributed by atoms with Gasteiger partial charge in [-0.3, -0.25) is 4.90 Å². The minimum absolute atomic E-state index is 0.242. The number of methoxy groups -OCH3 is 1. The second kappa shape index (κ2) is 6.12. The summed E-state index contributed by atoms with van der Waals surface area (Å²) in [6.45, 7) is 5.57. The average Bonchev–Trinajstić information content (AvgIpc) is 2.70. The minimum Gasteiger partial charge on any atom is -0.467 e. The number of likely N-dealkylation sites (tertiary alicyclic amines) is 1. The Morgan fingerprint density at radius 1 is 1.42 bits per heavy atom. The molecule has 1 fully saturated rings. The first-order valence-corrected chi connectivity index (χ1v) is 6.33. The fourth-order valence-electron chi connectivity index (χ4n) is 1.86. The lowest BCUT2D eigenvalue weighted by atomic mass is 10.2. The number of aliphatic imine (C=N–C) groups is 1. The second-order valence-electron chi connectivity index (χ2n) is 5.28. The Kier molecular flexibility index (Phi) is 5.03. The third-order valence-corrected chi connectivity index (χ3v) is 2.72. The molecular weight excluding hydrogens is 268 g/mol. The lowest BCUT2D eigenvalue weighted by Gasteiger charge is -2.27. The molecule has 0 bridgehead atoms. The molecule has 106 valence electrons. The Labute approximate surface area is 117 Å². The summed E-state index contributed by atoms with van der Waals surface area (Å²) in [5.41, 5.74) is -0.622. The van der Waals surface area contributed by atoms with Crippen LogP contribution in [0.15, 0.2) is 4.99 Å². The highest BCUT2D eigenvalue weighted by Gasteiger charge is 2.42. The first kappa shape index (κ1) is 15.6. The van der Waals surface area contributed by atoms with Crippen LogP contribution >= 0.6 is 12.2 Å². The van der Waals surface area contributed by atoms with Crippen LogP contribution in [0, 0.1) is 0 Å². The van der Waals surface area contributed by atoms with Gasteiger partial charge >= 0.3 is 12.1 Å². The minimum atomic E-state index is -0.683. The van der Waals surface area contributed by atoms with Gasteiger partial charge in [-0.05, 0) is 33.0 Å². The fourth-order valence-corrected chi connectivity index (χ4v) is 2.01. The SMILES string of the molecule is COC(=O)[C@@H]1CC(N=C=S)CN1C(=O)OC(C)(C)C. The number of carbonyl (C=O) groups is 2. The zero-order valence-corrected chi connectivity index (χ0v) is 12.3. The zero-order chi connectivity index (χ0) is 14.6. The standard InChI is InChI=1S/C12H18N2O4S/c1-12(2,3)18-11(16)14-6-8(13-7-19)5-9(14)10(15)17-4/h8-9H,5-6H2,1-4H3/t8?,9-/m0/s1. The summed E-state index contributed by atoms with van der Waals surface area (Å²) in [4.78, 5) is 29.0. The highest BCUT2D eigenvalue weighted by molar-refractivity contribution is 7.78. The predicted octanol–water partition coefficient (Wildman–Crippen LogP) is 1.64. The van der Waals surface area contributed by atoms with Crippen molar-refractivity contribution < 1.29 is 19.1 Å². The fraction of sp³-hybridized carbons (Fsp3) is 0.750. The van der Waals surface area contributed by atoms with Crippen LogP contribution in [-0.2, 0) is 14.3 Å². The van der Waals surface area contributed by atoms with Gasteiger partial charge in [0.05, 0.1) is 18.3 Å². The molecule has 1 unspecified atom stereocenters. The molecule has 0 spiro atoms. The van der Waals surface area contributed by atoms with Crippen molar-refractivity contribution in [1.82, 2.24) is 4.90 Å². The number of hydrogen-bond acceptors (Lipinski definition) is 6. The Hall–Kier alpha value is -1.46. The Bertz CT molecular complexity index is 412. The molecule has 1 saturated heterocycles. The van der Waals surface area contributed by atoms with Gasteiger partial charge in [0.1, 0.15) is 11.6 Å². The van der Waals surface area contributed by atoms with Crippen molar-refractivity contribution in [3.63, 3.8) is 0 Å². The summed E-state index contributed by atoms with van der Waals surface area (Å²) in [6, 6.07) is -0.925. The highest BCUT2D eigenvalue weighted by atomic mass is 32.1. The van der Waals surface area contributed by atoms with Crippen LogP contribution in [0.4, 0.5) is 4.79 Å². The van der Waals surface area contributed by atoms with Crippen LogP contribution < -0.4 is 0 Å². The molecule has 0 N–H and O–H groups in total. The van der Waals surface area contributed by atoms with Crippen LogP contribution in [0.1, 0.15) is 27.2 Å². The molecule has 0 aromatic heterocycles. The van der Waals surface area contributed by atoms with E-state index < -0.39 is 23.7 Å². The summed E-state index contributed by atoms with van der Waals surface area (Å²) in [7, 11) is 1.28. The van der Waals surface area contributed by atoms with Crippen LogP contribution in [0.2, 0.25) is 0 Å². The number of hydrogen-bond donors (Lipinski definition) is 0. The van der Waals surface area contributed by atoms with E-state index in [4.69, 9.17) is 9.47 Å². The largest absolute Gasteiger partial charge is 0.467 e. The lowest BCUT2D eigenvalue weighted by Crippen LogP contribution is -2.43. The van der Waals surface area contributed by atoms with E-state index in [1.807, 2.05) is 0 Å². The molecule has 1 aliphatic heterocycles. The van der Waals surface area contributed by atoms with E-state index in [0.29, 0.717) is 6.42 Å². The quantitative estimate of drug-likeness (QED) is 0.438. The molecule has 1 rings (SSSR count). The number of amides is 1. The van der Waals surface area contributed by atoms with Crippen LogP contribution in [0.3, 0.4) is 0 Å². The zero-order valence-electron chi connectivity index (χ0n) is 11.5. The van der Waals surface area contributed by atoms with Crippen molar-refractivity contribution in [2.24, 2.45) is 4.99 Å². The van der Waals surface area contributed by atoms with Crippen LogP contribution in [-0.4, -0.2) is 53.5 Å². The number of carbonyl (C=O) groups excluding carboxylic acids is 2. The third kappa shape index (κ3) is 4.29. The topological polar surface area (TPSA) is 68.2 Å². The van der Waals surface area contributed by atoms with Gasteiger partial charge in [0.15, 0.2) is 0 Å². The van der Waals surface area contributed by atoms with Crippen molar-refractivity contribution in [2.45, 2.75) is 44.9 Å². The van der Waals surface area contributed by atoms with Crippen molar-refractivity contribution in [3.8, 4) is 0 Å². The van der Waals surface area contributed by atoms with E-state index in [9.17, 15) is 9.59 Å². The van der Waals surface area contributed by atoms with Crippen molar-refractivity contribution >= 4 is 29.4 Å². The predicted molar refractivity (Wildman–Crippen MR) is 72.2 cm³/mol. The average molecular weight is 286 g/mol. The van der Waals surface area contributed by atoms with Crippen LogP contribution in [0.25, 0.3) is 0 Å². The number of thiocarbonyl (C=S) groups is 1. The number of esters is 1. The van der Waals surface area contributed by atoms with E-state index in [0.717, 1.165) is 0 Å². The molecule has 1 heterocycles. The summed E-state index contributed by atoms with van der Waals surface area (Å²) < 4.78 is 9.96. The summed E-state index contributed by atoms with van der Waals surface area (Å²) in [6.07, 6.45) is -0.180. The molecule has 0 aromatic carbocycles. The van der Waals surface area contributed by atoms with Gasteiger partial charge in [0, 0.05) is 13.0 Å². The maximum atomic E-state index is 12.0. The summed E-state index contributed by atoms with van der Waals surface area (Å²) in [5.74, 6) is -0.479. The summed E-state index contributed by atoms with van der Waals surface area (Å²) in [5, 5.41) is 2.27. The molecular formula is C12H18N2O4S. The van der Waals surface area contributed by atoms with E-state index in [2.05, 4.69) is 22.4 Å². The van der Waals surface area contributed by atoms with Crippen molar-refractivity contribution in [3.05, 3.63) is 0 Å². The lowest BCUT2D eigenvalue weighted by molar-refractivity contribution is -0.145. The molecule has 1 aliphatic rings. The number of nitrogens with zero attached hydrogens (tertiary/aromatic N) is 2. The second-order valence-corrected chi connectivity index (χ2v) is 5.46. The van der Waals surface area contributed by atoms with E-state index >= 15 is 0 Å². The van der Waals surface area contributed by atoms with Crippen molar-refractivity contribution in [1.29, 1.82) is 0 Å². The van der Waals surface area contributed by atoms with E-state index in [1.165, 1.54) is 12.0 Å². The van der Waals surface area contributed by atoms with Gasteiger partial charge in [0.2, 0.25) is 0 Å². The third-order valence-electron chi connectivity index (χ3n) is 2.62. The van der Waals surface area contributed by atoms with Gasteiger partial charge in [-0.25, -0.2) is 14.6 Å². The Morgan fingerprint density at radius 2 is 2.05 bits per heavy atom. The van der Waals surface area contributed by atoms with Crippen LogP contribution in [0.5, 0.6) is 0 Å². The Balaban J connectivity index is 2.85. The molecule has 1 amide bonds. The molecule has 0 aromatic rings. The van der Waals surface area contributed by atoms with Gasteiger partial charge in [0.25, 0.3) is 0 Å². The molecule has 0 radical (unpaired) electrons. The maximum absolute atomic E-state index is 12.0. The molecule has 6 nitrogen and oxygen atoms in total. The normalized spacial score (nSPS) is 22.6. The van der Waals surface area contributed by atoms with E-state index in [-0.39, 0.29) is 12.6 Å². The number of isothiocyanates is 1. The number of rotatable bonds is 2. The molecule has 2 atom stereocenters. The highest BCUT2D eigenvalue weighted by Crippen LogP contribution is 2.23. The summed E-state index contributed by atoms with van der Waals surface area (Å²) >= 11 is 4.55. The maximum Gasteiger partial charge on any atom is 0.411 e.